The Morgan fingerprint density at radius 1 is 1.54 bits per heavy atom. The van der Waals surface area contributed by atoms with Gasteiger partial charge >= 0.3 is 0 Å². The molecule has 1 amide bonds. The first-order valence-electron chi connectivity index (χ1n) is 4.10. The number of hydrogen-bond donors (Lipinski definition) is 1. The summed E-state index contributed by atoms with van der Waals surface area (Å²) in [5, 5.41) is 0. The van der Waals surface area contributed by atoms with Crippen molar-refractivity contribution in [3.63, 3.8) is 0 Å². The summed E-state index contributed by atoms with van der Waals surface area (Å²) in [4.78, 5) is 11.2. The smallest absolute Gasteiger partial charge is 0.236 e. The molecule has 1 aromatic heterocycles. The van der Waals surface area contributed by atoms with E-state index in [1.165, 1.54) is 0 Å². The maximum atomic E-state index is 11.2. The van der Waals surface area contributed by atoms with E-state index >= 15 is 0 Å². The van der Waals surface area contributed by atoms with E-state index in [4.69, 9.17) is 14.9 Å². The Morgan fingerprint density at radius 3 is 2.54 bits per heavy atom. The predicted molar refractivity (Wildman–Crippen MR) is 45.1 cm³/mol. The molecule has 4 heteroatoms. The highest BCUT2D eigenvalue weighted by Crippen LogP contribution is 2.33. The molecule has 2 rings (SSSR count). The van der Waals surface area contributed by atoms with Gasteiger partial charge in [-0.1, -0.05) is 0 Å². The number of hydrogen-bond acceptors (Lipinski definition) is 3. The normalized spacial score (nSPS) is 19.5. The Balaban J connectivity index is 2.37. The van der Waals surface area contributed by atoms with Crippen molar-refractivity contribution in [3.05, 3.63) is 23.7 Å². The van der Waals surface area contributed by atoms with Gasteiger partial charge in [0.2, 0.25) is 5.91 Å². The number of amides is 1. The first kappa shape index (κ1) is 8.31. The molecule has 0 aliphatic carbocycles. The van der Waals surface area contributed by atoms with E-state index in [1.54, 1.807) is 6.07 Å². The summed E-state index contributed by atoms with van der Waals surface area (Å²) in [6.07, 6.45) is 0. The molecule has 1 aromatic rings. The third-order valence-electron chi connectivity index (χ3n) is 2.38. The highest BCUT2D eigenvalue weighted by atomic mass is 16.5. The fraction of sp³-hybridized carbons (Fsp3) is 0.444. The predicted octanol–water partition coefficient (Wildman–Crippen LogP) is 0.341. The minimum atomic E-state index is -0.714. The Morgan fingerprint density at radius 2 is 2.23 bits per heavy atom. The average molecular weight is 181 g/mol. The fourth-order valence-electron chi connectivity index (χ4n) is 1.40. The maximum absolute atomic E-state index is 11.2. The molecule has 1 aliphatic heterocycles. The summed E-state index contributed by atoms with van der Waals surface area (Å²) in [5.41, 5.74) is 4.58. The lowest BCUT2D eigenvalue weighted by Gasteiger charge is -2.36. The molecule has 1 fully saturated rings. The van der Waals surface area contributed by atoms with Crippen molar-refractivity contribution in [1.29, 1.82) is 0 Å². The van der Waals surface area contributed by atoms with Crippen LogP contribution in [0.1, 0.15) is 11.5 Å². The van der Waals surface area contributed by atoms with E-state index in [1.807, 2.05) is 13.0 Å². The van der Waals surface area contributed by atoms with Gasteiger partial charge in [-0.3, -0.25) is 4.79 Å². The standard InChI is InChI=1S/C9H11NO3/c1-6-2-3-7(13-6)9(8(10)11)4-12-5-9/h2-3H,4-5H2,1H3,(H2,10,11). The summed E-state index contributed by atoms with van der Waals surface area (Å²) in [5.74, 6) is 1.01. The number of ether oxygens (including phenoxy) is 1. The van der Waals surface area contributed by atoms with E-state index in [0.717, 1.165) is 5.76 Å². The number of furan rings is 1. The molecular weight excluding hydrogens is 170 g/mol. The van der Waals surface area contributed by atoms with Crippen molar-refractivity contribution in [2.75, 3.05) is 13.2 Å². The first-order valence-corrected chi connectivity index (χ1v) is 4.10. The van der Waals surface area contributed by atoms with Gasteiger partial charge in [0.25, 0.3) is 0 Å². The monoisotopic (exact) mass is 181 g/mol. The maximum Gasteiger partial charge on any atom is 0.236 e. The van der Waals surface area contributed by atoms with Gasteiger partial charge in [0.05, 0.1) is 13.2 Å². The number of nitrogens with two attached hydrogens (primary N) is 1. The zero-order chi connectivity index (χ0) is 9.47. The molecule has 70 valence electrons. The molecule has 0 radical (unpaired) electrons. The topological polar surface area (TPSA) is 65.5 Å². The molecule has 0 spiro atoms. The van der Waals surface area contributed by atoms with Crippen LogP contribution in [0, 0.1) is 6.92 Å². The SMILES string of the molecule is Cc1ccc(C2(C(N)=O)COC2)o1. The Labute approximate surface area is 75.7 Å². The van der Waals surface area contributed by atoms with Crippen LogP contribution in [0.2, 0.25) is 0 Å². The lowest BCUT2D eigenvalue weighted by Crippen LogP contribution is -2.55. The molecule has 0 unspecified atom stereocenters. The highest BCUT2D eigenvalue weighted by molar-refractivity contribution is 5.87. The van der Waals surface area contributed by atoms with E-state index in [-0.39, 0.29) is 5.91 Å². The third-order valence-corrected chi connectivity index (χ3v) is 2.38. The fourth-order valence-corrected chi connectivity index (χ4v) is 1.40. The van der Waals surface area contributed by atoms with Gasteiger partial charge in [0.15, 0.2) is 5.41 Å². The summed E-state index contributed by atoms with van der Waals surface area (Å²) in [7, 11) is 0. The van der Waals surface area contributed by atoms with Crippen LogP contribution in [0.4, 0.5) is 0 Å². The van der Waals surface area contributed by atoms with Crippen molar-refractivity contribution < 1.29 is 13.9 Å². The third kappa shape index (κ3) is 1.06. The van der Waals surface area contributed by atoms with Crippen LogP contribution in [-0.4, -0.2) is 19.1 Å². The molecule has 1 saturated heterocycles. The van der Waals surface area contributed by atoms with Crippen LogP contribution < -0.4 is 5.73 Å². The van der Waals surface area contributed by atoms with Gasteiger partial charge < -0.3 is 14.9 Å². The highest BCUT2D eigenvalue weighted by Gasteiger charge is 2.48. The average Bonchev–Trinajstić information content (AvgIpc) is 2.32. The quantitative estimate of drug-likeness (QED) is 0.715. The van der Waals surface area contributed by atoms with E-state index in [9.17, 15) is 4.79 Å². The van der Waals surface area contributed by atoms with Gasteiger partial charge in [0.1, 0.15) is 11.5 Å². The summed E-state index contributed by atoms with van der Waals surface area (Å²) >= 11 is 0. The van der Waals surface area contributed by atoms with Crippen LogP contribution in [-0.2, 0) is 14.9 Å². The van der Waals surface area contributed by atoms with Crippen molar-refractivity contribution in [2.24, 2.45) is 5.73 Å². The number of primary amides is 1. The molecule has 0 bridgehead atoms. The van der Waals surface area contributed by atoms with Crippen LogP contribution in [0.3, 0.4) is 0 Å². The van der Waals surface area contributed by atoms with Gasteiger partial charge in [-0.25, -0.2) is 0 Å². The molecule has 13 heavy (non-hydrogen) atoms. The molecule has 0 aromatic carbocycles. The molecule has 0 saturated carbocycles. The van der Waals surface area contributed by atoms with Crippen molar-refractivity contribution in [2.45, 2.75) is 12.3 Å². The van der Waals surface area contributed by atoms with Crippen molar-refractivity contribution >= 4 is 5.91 Å². The second-order valence-corrected chi connectivity index (χ2v) is 3.35. The van der Waals surface area contributed by atoms with Gasteiger partial charge in [-0.2, -0.15) is 0 Å². The molecule has 2 heterocycles. The van der Waals surface area contributed by atoms with Gasteiger partial charge in [-0.15, -0.1) is 0 Å². The van der Waals surface area contributed by atoms with Crippen molar-refractivity contribution in [1.82, 2.24) is 0 Å². The zero-order valence-corrected chi connectivity index (χ0v) is 7.37. The largest absolute Gasteiger partial charge is 0.465 e. The number of carbonyl (C=O) groups is 1. The second kappa shape index (κ2) is 2.60. The minimum Gasteiger partial charge on any atom is -0.465 e. The number of rotatable bonds is 2. The zero-order valence-electron chi connectivity index (χ0n) is 7.37. The van der Waals surface area contributed by atoms with E-state index in [0.29, 0.717) is 19.0 Å². The number of aryl methyl sites for hydroxylation is 1. The lowest BCUT2D eigenvalue weighted by molar-refractivity contribution is -0.143. The van der Waals surface area contributed by atoms with E-state index < -0.39 is 5.41 Å². The molecule has 4 nitrogen and oxygen atoms in total. The van der Waals surface area contributed by atoms with Crippen molar-refractivity contribution in [3.8, 4) is 0 Å². The Kier molecular flexibility index (Phi) is 1.66. The number of carbonyl (C=O) groups excluding carboxylic acids is 1. The summed E-state index contributed by atoms with van der Waals surface area (Å²) in [6.45, 7) is 2.49. The van der Waals surface area contributed by atoms with Crippen LogP contribution in [0.5, 0.6) is 0 Å². The molecule has 0 atom stereocenters. The van der Waals surface area contributed by atoms with Gasteiger partial charge in [0, 0.05) is 0 Å². The summed E-state index contributed by atoms with van der Waals surface area (Å²) < 4.78 is 10.4. The lowest BCUT2D eigenvalue weighted by atomic mass is 9.82. The molecular formula is C9H11NO3. The Hall–Kier alpha value is -1.29. The summed E-state index contributed by atoms with van der Waals surface area (Å²) in [6, 6.07) is 3.60. The minimum absolute atomic E-state index is 0.329. The molecule has 2 N–H and O–H groups in total. The van der Waals surface area contributed by atoms with Crippen LogP contribution in [0.25, 0.3) is 0 Å². The van der Waals surface area contributed by atoms with Crippen LogP contribution >= 0.6 is 0 Å². The first-order chi connectivity index (χ1) is 6.15. The second-order valence-electron chi connectivity index (χ2n) is 3.35. The molecule has 1 aliphatic rings. The Bertz CT molecular complexity index is 338. The van der Waals surface area contributed by atoms with E-state index in [2.05, 4.69) is 0 Å². The van der Waals surface area contributed by atoms with Crippen LogP contribution in [0.15, 0.2) is 16.5 Å². The van der Waals surface area contributed by atoms with Gasteiger partial charge in [-0.05, 0) is 19.1 Å².